The zero-order chi connectivity index (χ0) is 18.0. The zero-order valence-electron chi connectivity index (χ0n) is 12.6. The van der Waals surface area contributed by atoms with Crippen molar-refractivity contribution in [3.05, 3.63) is 53.4 Å². The summed E-state index contributed by atoms with van der Waals surface area (Å²) in [4.78, 5) is 5.00. The molecule has 3 aromatic rings. The van der Waals surface area contributed by atoms with Crippen LogP contribution in [0.25, 0.3) is 11.4 Å². The van der Waals surface area contributed by atoms with E-state index in [1.807, 2.05) is 0 Å². The molecule has 4 nitrogen and oxygen atoms in total. The summed E-state index contributed by atoms with van der Waals surface area (Å²) in [6.45, 7) is 0. The molecule has 1 heterocycles. The number of methoxy groups -OCH3 is 1. The van der Waals surface area contributed by atoms with Crippen molar-refractivity contribution in [1.82, 2.24) is 10.1 Å². The molecule has 2 aromatic carbocycles. The van der Waals surface area contributed by atoms with Crippen LogP contribution in [0.15, 0.2) is 50.7 Å². The molecule has 25 heavy (non-hydrogen) atoms. The third-order valence-electron chi connectivity index (χ3n) is 3.06. The summed E-state index contributed by atoms with van der Waals surface area (Å²) >= 11 is 12.4. The van der Waals surface area contributed by atoms with Crippen LogP contribution in [0.4, 0.5) is 8.78 Å². The summed E-state index contributed by atoms with van der Waals surface area (Å²) in [6.07, 6.45) is 0. The van der Waals surface area contributed by atoms with Gasteiger partial charge in [0.25, 0.3) is 0 Å². The van der Waals surface area contributed by atoms with E-state index in [1.165, 1.54) is 11.8 Å². The minimum atomic E-state index is -3.71. The largest absolute Gasteiger partial charge is 0.496 e. The molecule has 0 fully saturated rings. The van der Waals surface area contributed by atoms with Crippen LogP contribution in [-0.2, 0) is 5.38 Å². The Labute approximate surface area is 156 Å². The number of ether oxygens (including phenoxy) is 1. The van der Waals surface area contributed by atoms with Crippen molar-refractivity contribution in [2.45, 2.75) is 15.2 Å². The third-order valence-corrected chi connectivity index (χ3v) is 4.73. The first kappa shape index (κ1) is 18.0. The fourth-order valence-electron chi connectivity index (χ4n) is 1.96. The molecular weight excluding hydrogens is 393 g/mol. The van der Waals surface area contributed by atoms with E-state index in [-0.39, 0.29) is 5.82 Å². The molecule has 1 aromatic heterocycles. The van der Waals surface area contributed by atoms with Crippen molar-refractivity contribution >= 4 is 35.0 Å². The molecule has 129 valence electrons. The average molecular weight is 402 g/mol. The number of nitrogens with zero attached hydrogens (tertiary/aromatic N) is 2. The van der Waals surface area contributed by atoms with E-state index in [9.17, 15) is 8.78 Å². The van der Waals surface area contributed by atoms with Crippen molar-refractivity contribution < 1.29 is 18.0 Å². The van der Waals surface area contributed by atoms with Gasteiger partial charge in [-0.25, -0.2) is 0 Å². The van der Waals surface area contributed by atoms with Gasteiger partial charge in [0.1, 0.15) is 5.75 Å². The molecule has 0 spiro atoms. The molecule has 0 aliphatic heterocycles. The van der Waals surface area contributed by atoms with Crippen molar-refractivity contribution in [3.63, 3.8) is 0 Å². The maximum absolute atomic E-state index is 13.0. The van der Waals surface area contributed by atoms with Crippen LogP contribution in [-0.4, -0.2) is 17.3 Å². The lowest BCUT2D eigenvalue weighted by molar-refractivity contribution is 0.0551. The molecule has 0 saturated heterocycles. The Balaban J connectivity index is 1.92. The van der Waals surface area contributed by atoms with Gasteiger partial charge in [-0.15, -0.1) is 0 Å². The molecule has 0 aliphatic rings. The van der Waals surface area contributed by atoms with E-state index in [2.05, 4.69) is 20.7 Å². The molecule has 0 amide bonds. The fourth-order valence-corrected chi connectivity index (χ4v) is 3.27. The number of hydrogen-bond acceptors (Lipinski definition) is 5. The Bertz CT molecular complexity index is 900. The highest BCUT2D eigenvalue weighted by Crippen LogP contribution is 2.40. The summed E-state index contributed by atoms with van der Waals surface area (Å²) in [6, 6.07) is 13.2. The molecule has 1 radical (unpaired) electrons. The van der Waals surface area contributed by atoms with Crippen LogP contribution in [0.3, 0.4) is 0 Å². The minimum absolute atomic E-state index is 0.00250. The Kier molecular flexibility index (Phi) is 5.17. The van der Waals surface area contributed by atoms with Crippen LogP contribution in [0.2, 0.25) is 5.02 Å². The van der Waals surface area contributed by atoms with Gasteiger partial charge in [-0.2, -0.15) is 13.8 Å². The van der Waals surface area contributed by atoms with Gasteiger partial charge in [0.15, 0.2) is 0 Å². The molecule has 0 atom stereocenters. The third kappa shape index (κ3) is 4.05. The SMILES string of the molecule is COc1cccc(Cl)c1Sc1[c]ccc(-c2noc(C(F)(F)Cl)n2)c1. The number of aromatic nitrogens is 2. The quantitative estimate of drug-likeness (QED) is 0.517. The molecular formula is C16H9Cl2F2N2O2S. The number of hydrogen-bond donors (Lipinski definition) is 0. The molecule has 0 N–H and O–H groups in total. The van der Waals surface area contributed by atoms with Crippen LogP contribution in [0.5, 0.6) is 5.75 Å². The van der Waals surface area contributed by atoms with Crippen LogP contribution >= 0.6 is 35.0 Å². The standard InChI is InChI=1S/C16H9Cl2F2N2O2S/c1-23-12-7-3-6-11(17)13(12)25-10-5-2-4-9(8-10)14-21-15(24-22-14)16(18,19)20/h2-4,6-8H,1H3. The molecule has 0 aliphatic carbocycles. The summed E-state index contributed by atoms with van der Waals surface area (Å²) in [5, 5.41) is 0.334. The van der Waals surface area contributed by atoms with Gasteiger partial charge in [-0.05, 0) is 35.9 Å². The van der Waals surface area contributed by atoms with Gasteiger partial charge in [-0.1, -0.05) is 46.7 Å². The van der Waals surface area contributed by atoms with Gasteiger partial charge >= 0.3 is 11.3 Å². The van der Waals surface area contributed by atoms with Crippen LogP contribution in [0, 0.1) is 6.07 Å². The summed E-state index contributed by atoms with van der Waals surface area (Å²) < 4.78 is 35.8. The maximum Gasteiger partial charge on any atom is 0.400 e. The highest BCUT2D eigenvalue weighted by molar-refractivity contribution is 7.99. The van der Waals surface area contributed by atoms with Crippen LogP contribution in [0.1, 0.15) is 5.89 Å². The van der Waals surface area contributed by atoms with E-state index in [4.69, 9.17) is 27.9 Å². The Morgan fingerprint density at radius 2 is 2.12 bits per heavy atom. The summed E-state index contributed by atoms with van der Waals surface area (Å²) in [5.41, 5.74) is 0.475. The molecule has 0 saturated carbocycles. The first-order valence-electron chi connectivity index (χ1n) is 6.82. The number of halogens is 4. The smallest absolute Gasteiger partial charge is 0.400 e. The molecule has 9 heteroatoms. The first-order valence-corrected chi connectivity index (χ1v) is 8.39. The summed E-state index contributed by atoms with van der Waals surface area (Å²) in [5.74, 6) is -0.351. The summed E-state index contributed by atoms with van der Waals surface area (Å²) in [7, 11) is 1.54. The predicted molar refractivity (Wildman–Crippen MR) is 90.4 cm³/mol. The second-order valence-corrected chi connectivity index (χ2v) is 6.67. The van der Waals surface area contributed by atoms with E-state index >= 15 is 0 Å². The van der Waals surface area contributed by atoms with Gasteiger partial charge in [-0.3, -0.25) is 0 Å². The second kappa shape index (κ2) is 7.19. The maximum atomic E-state index is 13.0. The topological polar surface area (TPSA) is 48.2 Å². The lowest BCUT2D eigenvalue weighted by Gasteiger charge is -2.10. The average Bonchev–Trinajstić information content (AvgIpc) is 3.07. The Hall–Kier alpha value is -1.83. The van der Waals surface area contributed by atoms with Crippen molar-refractivity contribution in [2.75, 3.05) is 7.11 Å². The van der Waals surface area contributed by atoms with E-state index in [0.29, 0.717) is 26.1 Å². The lowest BCUT2D eigenvalue weighted by atomic mass is 10.2. The molecule has 0 unspecified atom stereocenters. The fraction of sp³-hybridized carbons (Fsp3) is 0.125. The van der Waals surface area contributed by atoms with Gasteiger partial charge < -0.3 is 9.26 Å². The highest BCUT2D eigenvalue weighted by Gasteiger charge is 2.35. The monoisotopic (exact) mass is 401 g/mol. The first-order chi connectivity index (χ1) is 11.9. The van der Waals surface area contributed by atoms with Crippen molar-refractivity contribution in [2.24, 2.45) is 0 Å². The second-order valence-electron chi connectivity index (χ2n) is 4.74. The Morgan fingerprint density at radius 3 is 2.80 bits per heavy atom. The van der Waals surface area contributed by atoms with Crippen LogP contribution < -0.4 is 4.74 Å². The van der Waals surface area contributed by atoms with E-state index in [0.717, 1.165) is 0 Å². The lowest BCUT2D eigenvalue weighted by Crippen LogP contribution is -2.03. The predicted octanol–water partition coefficient (Wildman–Crippen LogP) is 5.64. The molecule has 3 rings (SSSR count). The Morgan fingerprint density at radius 1 is 1.32 bits per heavy atom. The van der Waals surface area contributed by atoms with Crippen molar-refractivity contribution in [1.29, 1.82) is 0 Å². The normalized spacial score (nSPS) is 11.6. The van der Waals surface area contributed by atoms with E-state index in [1.54, 1.807) is 43.5 Å². The van der Waals surface area contributed by atoms with Crippen molar-refractivity contribution in [3.8, 4) is 17.1 Å². The van der Waals surface area contributed by atoms with Gasteiger partial charge in [0.05, 0.1) is 17.0 Å². The highest BCUT2D eigenvalue weighted by atomic mass is 35.5. The number of benzene rings is 2. The molecule has 0 bridgehead atoms. The van der Waals surface area contributed by atoms with E-state index < -0.39 is 11.3 Å². The van der Waals surface area contributed by atoms with Gasteiger partial charge in [0.2, 0.25) is 5.82 Å². The zero-order valence-corrected chi connectivity index (χ0v) is 14.9. The number of alkyl halides is 3. The number of rotatable bonds is 5. The van der Waals surface area contributed by atoms with Gasteiger partial charge in [0, 0.05) is 10.5 Å². The minimum Gasteiger partial charge on any atom is -0.496 e.